The van der Waals surface area contributed by atoms with Crippen LogP contribution in [0, 0.1) is 6.92 Å². The van der Waals surface area contributed by atoms with Gasteiger partial charge in [0.1, 0.15) is 17.5 Å². The van der Waals surface area contributed by atoms with Crippen molar-refractivity contribution in [2.24, 2.45) is 5.84 Å². The molecule has 0 unspecified atom stereocenters. The zero-order chi connectivity index (χ0) is 13.2. The van der Waals surface area contributed by atoms with Crippen molar-refractivity contribution in [3.8, 4) is 0 Å². The standard InChI is InChI=1S/C12H16N6O/c1-7-10(14-6-9-4-5-15-19-9)16-12(8-2-3-8)17-11(7)18-13/h4-5,8H,2-3,6,13H2,1H3,(H2,14,16,17,18). The van der Waals surface area contributed by atoms with Crippen LogP contribution in [0.1, 0.15) is 35.9 Å². The van der Waals surface area contributed by atoms with Gasteiger partial charge in [-0.05, 0) is 19.8 Å². The Hall–Kier alpha value is -2.15. The van der Waals surface area contributed by atoms with E-state index in [1.54, 1.807) is 6.20 Å². The van der Waals surface area contributed by atoms with E-state index in [0.717, 1.165) is 35.8 Å². The molecule has 2 aromatic heterocycles. The summed E-state index contributed by atoms with van der Waals surface area (Å²) in [5.74, 6) is 9.02. The summed E-state index contributed by atoms with van der Waals surface area (Å²) in [6.45, 7) is 2.46. The monoisotopic (exact) mass is 260 g/mol. The average Bonchev–Trinajstić information content (AvgIpc) is 3.14. The first-order valence-corrected chi connectivity index (χ1v) is 6.26. The normalized spacial score (nSPS) is 14.4. The Morgan fingerprint density at radius 1 is 1.37 bits per heavy atom. The first-order chi connectivity index (χ1) is 9.28. The number of aromatic nitrogens is 3. The minimum atomic E-state index is 0.471. The largest absolute Gasteiger partial charge is 0.362 e. The predicted molar refractivity (Wildman–Crippen MR) is 70.4 cm³/mol. The quantitative estimate of drug-likeness (QED) is 0.553. The second kappa shape index (κ2) is 4.85. The minimum absolute atomic E-state index is 0.471. The number of nitrogens with two attached hydrogens (primary N) is 1. The maximum absolute atomic E-state index is 5.50. The first kappa shape index (κ1) is 11.9. The van der Waals surface area contributed by atoms with Crippen LogP contribution in [0.25, 0.3) is 0 Å². The highest BCUT2D eigenvalue weighted by Crippen LogP contribution is 2.39. The van der Waals surface area contributed by atoms with Crippen LogP contribution in [-0.4, -0.2) is 15.1 Å². The summed E-state index contributed by atoms with van der Waals surface area (Å²) in [6.07, 6.45) is 3.91. The summed E-state index contributed by atoms with van der Waals surface area (Å²) in [5, 5.41) is 6.90. The van der Waals surface area contributed by atoms with Crippen LogP contribution in [0.2, 0.25) is 0 Å². The molecule has 1 fully saturated rings. The highest BCUT2D eigenvalue weighted by molar-refractivity contribution is 5.57. The lowest BCUT2D eigenvalue weighted by atomic mass is 10.2. The highest BCUT2D eigenvalue weighted by atomic mass is 16.5. The van der Waals surface area contributed by atoms with Crippen molar-refractivity contribution in [3.05, 3.63) is 29.4 Å². The van der Waals surface area contributed by atoms with E-state index in [1.165, 1.54) is 0 Å². The fraction of sp³-hybridized carbons (Fsp3) is 0.417. The molecule has 100 valence electrons. The second-order valence-corrected chi connectivity index (χ2v) is 4.65. The number of nitrogens with zero attached hydrogens (tertiary/aromatic N) is 3. The van der Waals surface area contributed by atoms with E-state index >= 15 is 0 Å². The van der Waals surface area contributed by atoms with Gasteiger partial charge in [-0.3, -0.25) is 0 Å². The van der Waals surface area contributed by atoms with Gasteiger partial charge in [0.05, 0.1) is 12.7 Å². The summed E-state index contributed by atoms with van der Waals surface area (Å²) in [5.41, 5.74) is 3.52. The number of hydrogen-bond donors (Lipinski definition) is 3. The van der Waals surface area contributed by atoms with Gasteiger partial charge in [0, 0.05) is 17.5 Å². The van der Waals surface area contributed by atoms with Crippen molar-refractivity contribution in [3.63, 3.8) is 0 Å². The fourth-order valence-electron chi connectivity index (χ4n) is 1.87. The molecule has 0 atom stereocenters. The topological polar surface area (TPSA) is 102 Å². The Balaban J connectivity index is 1.83. The number of nitrogen functional groups attached to an aromatic ring is 1. The van der Waals surface area contributed by atoms with Crippen LogP contribution in [0.3, 0.4) is 0 Å². The van der Waals surface area contributed by atoms with Gasteiger partial charge < -0.3 is 15.3 Å². The van der Waals surface area contributed by atoms with Crippen LogP contribution >= 0.6 is 0 Å². The molecule has 0 spiro atoms. The summed E-state index contributed by atoms with van der Waals surface area (Å²) in [6, 6.07) is 1.81. The van der Waals surface area contributed by atoms with Crippen molar-refractivity contribution in [2.75, 3.05) is 10.7 Å². The molecular formula is C12H16N6O. The maximum atomic E-state index is 5.50. The molecule has 7 heteroatoms. The first-order valence-electron chi connectivity index (χ1n) is 6.26. The lowest BCUT2D eigenvalue weighted by molar-refractivity contribution is 0.388. The molecule has 3 rings (SSSR count). The van der Waals surface area contributed by atoms with E-state index in [4.69, 9.17) is 10.4 Å². The third kappa shape index (κ3) is 2.50. The molecule has 2 heterocycles. The molecule has 0 bridgehead atoms. The van der Waals surface area contributed by atoms with Gasteiger partial charge in [0.2, 0.25) is 0 Å². The van der Waals surface area contributed by atoms with Crippen LogP contribution in [-0.2, 0) is 6.54 Å². The smallest absolute Gasteiger partial charge is 0.155 e. The summed E-state index contributed by atoms with van der Waals surface area (Å²) < 4.78 is 5.05. The number of hydrazine groups is 1. The number of hydrogen-bond acceptors (Lipinski definition) is 7. The molecule has 2 aromatic rings. The van der Waals surface area contributed by atoms with E-state index in [2.05, 4.69) is 25.9 Å². The van der Waals surface area contributed by atoms with Crippen LogP contribution in [0.15, 0.2) is 16.8 Å². The Kier molecular flexibility index (Phi) is 3.04. The fourth-order valence-corrected chi connectivity index (χ4v) is 1.87. The molecule has 1 saturated carbocycles. The van der Waals surface area contributed by atoms with Gasteiger partial charge in [0.25, 0.3) is 0 Å². The number of nitrogens with one attached hydrogen (secondary N) is 2. The summed E-state index contributed by atoms with van der Waals surface area (Å²) in [4.78, 5) is 9.00. The van der Waals surface area contributed by atoms with Gasteiger partial charge in [-0.25, -0.2) is 15.8 Å². The van der Waals surface area contributed by atoms with E-state index in [1.807, 2.05) is 13.0 Å². The lowest BCUT2D eigenvalue weighted by Crippen LogP contribution is -2.14. The summed E-state index contributed by atoms with van der Waals surface area (Å²) in [7, 11) is 0. The molecule has 0 aromatic carbocycles. The van der Waals surface area contributed by atoms with Crippen molar-refractivity contribution < 1.29 is 4.52 Å². The van der Waals surface area contributed by atoms with Crippen LogP contribution in [0.4, 0.5) is 11.6 Å². The molecule has 0 amide bonds. The maximum Gasteiger partial charge on any atom is 0.155 e. The van der Waals surface area contributed by atoms with Crippen LogP contribution in [0.5, 0.6) is 0 Å². The van der Waals surface area contributed by atoms with E-state index in [-0.39, 0.29) is 0 Å². The van der Waals surface area contributed by atoms with Gasteiger partial charge in [0.15, 0.2) is 5.76 Å². The zero-order valence-corrected chi connectivity index (χ0v) is 10.7. The molecule has 1 aliphatic rings. The Morgan fingerprint density at radius 2 is 2.16 bits per heavy atom. The van der Waals surface area contributed by atoms with Crippen molar-refractivity contribution in [1.82, 2.24) is 15.1 Å². The zero-order valence-electron chi connectivity index (χ0n) is 10.7. The van der Waals surface area contributed by atoms with Gasteiger partial charge >= 0.3 is 0 Å². The Morgan fingerprint density at radius 3 is 2.79 bits per heavy atom. The molecule has 0 aliphatic heterocycles. The van der Waals surface area contributed by atoms with Crippen molar-refractivity contribution in [2.45, 2.75) is 32.2 Å². The lowest BCUT2D eigenvalue weighted by Gasteiger charge is -2.12. The SMILES string of the molecule is Cc1c(NN)nc(C2CC2)nc1NCc1ccno1. The Bertz CT molecular complexity index is 564. The van der Waals surface area contributed by atoms with Gasteiger partial charge in [-0.2, -0.15) is 0 Å². The second-order valence-electron chi connectivity index (χ2n) is 4.65. The van der Waals surface area contributed by atoms with Crippen LogP contribution < -0.4 is 16.6 Å². The molecule has 19 heavy (non-hydrogen) atoms. The predicted octanol–water partition coefficient (Wildman–Crippen LogP) is 1.55. The van der Waals surface area contributed by atoms with Gasteiger partial charge in [-0.15, -0.1) is 0 Å². The highest BCUT2D eigenvalue weighted by Gasteiger charge is 2.28. The molecule has 0 radical (unpaired) electrons. The molecule has 0 saturated heterocycles. The van der Waals surface area contributed by atoms with Gasteiger partial charge in [-0.1, -0.05) is 5.16 Å². The molecule has 7 nitrogen and oxygen atoms in total. The average molecular weight is 260 g/mol. The molecular weight excluding hydrogens is 244 g/mol. The van der Waals surface area contributed by atoms with Crippen molar-refractivity contribution in [1.29, 1.82) is 0 Å². The van der Waals surface area contributed by atoms with Crippen molar-refractivity contribution >= 4 is 11.6 Å². The Labute approximate surface area is 110 Å². The third-order valence-corrected chi connectivity index (χ3v) is 3.16. The minimum Gasteiger partial charge on any atom is -0.362 e. The van der Waals surface area contributed by atoms with E-state index < -0.39 is 0 Å². The van der Waals surface area contributed by atoms with E-state index in [9.17, 15) is 0 Å². The molecule has 4 N–H and O–H groups in total. The number of anilines is 2. The van der Waals surface area contributed by atoms with E-state index in [0.29, 0.717) is 18.3 Å². The number of rotatable bonds is 5. The third-order valence-electron chi connectivity index (χ3n) is 3.16. The molecule has 1 aliphatic carbocycles. The summed E-state index contributed by atoms with van der Waals surface area (Å²) >= 11 is 0.